The number of hydrogen-bond acceptors (Lipinski definition) is 5. The van der Waals surface area contributed by atoms with E-state index in [1.165, 1.54) is 37.7 Å². The summed E-state index contributed by atoms with van der Waals surface area (Å²) in [4.78, 5) is 18.5. The lowest BCUT2D eigenvalue weighted by atomic mass is 9.90. The zero-order valence-corrected chi connectivity index (χ0v) is 18.2. The standard InChI is InChI=1S/C24H35N5/c1-18(11-14-25-3)16-22(21-10-7-13-26-19(21)2)23-12-15-27-24(29-23)28-17-20-8-5-4-6-9-20/h10,12,15-18,20,25H,4-9,11,13-14H2,1-3H3/b22-16+,28-17+. The summed E-state index contributed by atoms with van der Waals surface area (Å²) in [6, 6.07) is 2.00. The summed E-state index contributed by atoms with van der Waals surface area (Å²) in [5.74, 6) is 1.58. The summed E-state index contributed by atoms with van der Waals surface area (Å²) in [7, 11) is 2.00. The van der Waals surface area contributed by atoms with Crippen molar-refractivity contribution in [3.63, 3.8) is 0 Å². The molecule has 1 aliphatic heterocycles. The predicted molar refractivity (Wildman–Crippen MR) is 123 cm³/mol. The van der Waals surface area contributed by atoms with Crippen LogP contribution in [0.5, 0.6) is 0 Å². The Bertz CT molecular complexity index is 784. The van der Waals surface area contributed by atoms with Crippen LogP contribution in [-0.2, 0) is 0 Å². The van der Waals surface area contributed by atoms with Gasteiger partial charge in [0.25, 0.3) is 0 Å². The van der Waals surface area contributed by atoms with Gasteiger partial charge in [-0.05, 0) is 64.1 Å². The zero-order chi connectivity index (χ0) is 20.5. The third-order valence-corrected chi connectivity index (χ3v) is 5.78. The maximum absolute atomic E-state index is 4.81. The molecule has 29 heavy (non-hydrogen) atoms. The second-order valence-corrected chi connectivity index (χ2v) is 8.24. The fraction of sp³-hybridized carbons (Fsp3) is 0.583. The fourth-order valence-corrected chi connectivity index (χ4v) is 4.05. The average Bonchev–Trinajstić information content (AvgIpc) is 2.76. The first-order chi connectivity index (χ1) is 14.2. The maximum atomic E-state index is 4.81. The molecule has 1 N–H and O–H groups in total. The Hall–Kier alpha value is -2.14. The van der Waals surface area contributed by atoms with Crippen molar-refractivity contribution in [1.82, 2.24) is 15.3 Å². The molecule has 0 bridgehead atoms. The largest absolute Gasteiger partial charge is 0.320 e. The number of dihydropyridines is 1. The van der Waals surface area contributed by atoms with Gasteiger partial charge in [-0.2, -0.15) is 0 Å². The van der Waals surface area contributed by atoms with Crippen LogP contribution in [0.2, 0.25) is 0 Å². The van der Waals surface area contributed by atoms with Crippen LogP contribution in [-0.4, -0.2) is 42.0 Å². The Morgan fingerprint density at radius 2 is 2.14 bits per heavy atom. The van der Waals surface area contributed by atoms with E-state index in [0.717, 1.165) is 42.9 Å². The Balaban J connectivity index is 1.87. The lowest BCUT2D eigenvalue weighted by molar-refractivity contribution is 0.445. The molecule has 1 unspecified atom stereocenters. The van der Waals surface area contributed by atoms with E-state index < -0.39 is 0 Å². The minimum Gasteiger partial charge on any atom is -0.320 e. The van der Waals surface area contributed by atoms with Gasteiger partial charge in [-0.15, -0.1) is 0 Å². The summed E-state index contributed by atoms with van der Waals surface area (Å²) in [6.45, 7) is 6.23. The second kappa shape index (κ2) is 11.1. The van der Waals surface area contributed by atoms with Crippen LogP contribution in [0.1, 0.15) is 64.5 Å². The van der Waals surface area contributed by atoms with Gasteiger partial charge in [0.05, 0.1) is 5.69 Å². The van der Waals surface area contributed by atoms with E-state index in [4.69, 9.17) is 4.98 Å². The fourth-order valence-electron chi connectivity index (χ4n) is 4.05. The van der Waals surface area contributed by atoms with Crippen LogP contribution in [0.3, 0.4) is 0 Å². The predicted octanol–water partition coefficient (Wildman–Crippen LogP) is 5.18. The van der Waals surface area contributed by atoms with Crippen molar-refractivity contribution in [1.29, 1.82) is 0 Å². The molecule has 0 amide bonds. The summed E-state index contributed by atoms with van der Waals surface area (Å²) >= 11 is 0. The first-order valence-electron chi connectivity index (χ1n) is 11.1. The molecule has 0 saturated heterocycles. The Morgan fingerprint density at radius 3 is 2.90 bits per heavy atom. The normalized spacial score (nSPS) is 19.9. The van der Waals surface area contributed by atoms with Gasteiger partial charge in [-0.1, -0.05) is 38.3 Å². The van der Waals surface area contributed by atoms with Gasteiger partial charge >= 0.3 is 0 Å². The summed E-state index contributed by atoms with van der Waals surface area (Å²) in [6.07, 6.45) is 17.0. The highest BCUT2D eigenvalue weighted by molar-refractivity contribution is 6.12. The number of rotatable bonds is 8. The van der Waals surface area contributed by atoms with Gasteiger partial charge in [0.15, 0.2) is 0 Å². The van der Waals surface area contributed by atoms with Gasteiger partial charge in [0.2, 0.25) is 5.95 Å². The van der Waals surface area contributed by atoms with Crippen molar-refractivity contribution in [3.05, 3.63) is 35.7 Å². The van der Waals surface area contributed by atoms with Crippen LogP contribution in [0.4, 0.5) is 5.95 Å². The monoisotopic (exact) mass is 393 g/mol. The van der Waals surface area contributed by atoms with Crippen LogP contribution in [0.15, 0.2) is 40.0 Å². The minimum atomic E-state index is 0.442. The molecule has 1 aromatic heterocycles. The molecular formula is C24H35N5. The minimum absolute atomic E-state index is 0.442. The molecule has 156 valence electrons. The van der Waals surface area contributed by atoms with Crippen LogP contribution in [0.25, 0.3) is 5.57 Å². The van der Waals surface area contributed by atoms with E-state index in [-0.39, 0.29) is 0 Å². The van der Waals surface area contributed by atoms with E-state index in [1.54, 1.807) is 0 Å². The van der Waals surface area contributed by atoms with E-state index in [9.17, 15) is 0 Å². The molecule has 1 saturated carbocycles. The van der Waals surface area contributed by atoms with Gasteiger partial charge in [-0.3, -0.25) is 4.99 Å². The summed E-state index contributed by atoms with van der Waals surface area (Å²) in [5.41, 5.74) is 4.39. The van der Waals surface area contributed by atoms with Crippen LogP contribution in [0, 0.1) is 11.8 Å². The maximum Gasteiger partial charge on any atom is 0.249 e. The Kier molecular flexibility index (Phi) is 8.29. The van der Waals surface area contributed by atoms with E-state index in [0.29, 0.717) is 17.8 Å². The lowest BCUT2D eigenvalue weighted by Gasteiger charge is -2.18. The number of hydrogen-bond donors (Lipinski definition) is 1. The third kappa shape index (κ3) is 6.43. The van der Waals surface area contributed by atoms with Gasteiger partial charge < -0.3 is 5.32 Å². The molecule has 1 aliphatic carbocycles. The quantitative estimate of drug-likeness (QED) is 0.619. The molecule has 3 rings (SSSR count). The Labute approximate surface area is 175 Å². The van der Waals surface area contributed by atoms with E-state index >= 15 is 0 Å². The molecule has 0 aromatic carbocycles. The highest BCUT2D eigenvalue weighted by Gasteiger charge is 2.17. The third-order valence-electron chi connectivity index (χ3n) is 5.78. The lowest BCUT2D eigenvalue weighted by Crippen LogP contribution is -2.12. The molecule has 5 nitrogen and oxygen atoms in total. The molecule has 2 aliphatic rings. The van der Waals surface area contributed by atoms with E-state index in [2.05, 4.69) is 52.5 Å². The number of aliphatic imine (C=N–C) groups is 2. The number of nitrogens with zero attached hydrogens (tertiary/aromatic N) is 4. The van der Waals surface area contributed by atoms with Crippen LogP contribution >= 0.6 is 0 Å². The number of aromatic nitrogens is 2. The van der Waals surface area contributed by atoms with Crippen molar-refractivity contribution in [2.24, 2.45) is 21.8 Å². The van der Waals surface area contributed by atoms with Crippen molar-refractivity contribution >= 4 is 23.4 Å². The SMILES string of the molecule is CNCCC(C)/C=C(\C1=CCCN=C1C)c1ccnc(/N=C/C2CCCCC2)n1. The second-order valence-electron chi connectivity index (χ2n) is 8.24. The van der Waals surface area contributed by atoms with E-state index in [1.807, 2.05) is 19.3 Å². The highest BCUT2D eigenvalue weighted by Crippen LogP contribution is 2.29. The molecule has 1 aromatic rings. The average molecular weight is 394 g/mol. The van der Waals surface area contributed by atoms with Gasteiger partial charge in [0.1, 0.15) is 0 Å². The smallest absolute Gasteiger partial charge is 0.249 e. The molecule has 5 heteroatoms. The molecule has 1 atom stereocenters. The van der Waals surface area contributed by atoms with Crippen molar-refractivity contribution < 1.29 is 0 Å². The van der Waals surface area contributed by atoms with Gasteiger partial charge in [-0.25, -0.2) is 15.0 Å². The number of allylic oxidation sites excluding steroid dienone is 3. The molecular weight excluding hydrogens is 358 g/mol. The van der Waals surface area contributed by atoms with Crippen LogP contribution < -0.4 is 5.32 Å². The van der Waals surface area contributed by atoms with Crippen molar-refractivity contribution in [3.8, 4) is 0 Å². The highest BCUT2D eigenvalue weighted by atomic mass is 15.0. The zero-order valence-electron chi connectivity index (χ0n) is 18.2. The van der Waals surface area contributed by atoms with Gasteiger partial charge in [0, 0.05) is 35.8 Å². The molecule has 1 fully saturated rings. The summed E-state index contributed by atoms with van der Waals surface area (Å²) < 4.78 is 0. The van der Waals surface area contributed by atoms with Crippen molar-refractivity contribution in [2.45, 2.75) is 58.8 Å². The number of nitrogens with one attached hydrogen (secondary N) is 1. The first-order valence-corrected chi connectivity index (χ1v) is 11.1. The molecule has 2 heterocycles. The first kappa shape index (κ1) is 21.6. The molecule has 0 radical (unpaired) electrons. The topological polar surface area (TPSA) is 62.5 Å². The summed E-state index contributed by atoms with van der Waals surface area (Å²) in [5, 5.41) is 3.24. The molecule has 0 spiro atoms. The van der Waals surface area contributed by atoms with Crippen molar-refractivity contribution in [2.75, 3.05) is 20.1 Å². The Morgan fingerprint density at radius 1 is 1.31 bits per heavy atom.